The quantitative estimate of drug-likeness (QED) is 0.432. The summed E-state index contributed by atoms with van der Waals surface area (Å²) in [5, 5.41) is 1.43. The van der Waals surface area contributed by atoms with Crippen LogP contribution < -0.4 is 0 Å². The maximum absolute atomic E-state index is 12.8. The van der Waals surface area contributed by atoms with E-state index < -0.39 is 0 Å². The van der Waals surface area contributed by atoms with Crippen LogP contribution in [0.5, 0.6) is 0 Å². The van der Waals surface area contributed by atoms with E-state index in [1.54, 1.807) is 42.9 Å². The van der Waals surface area contributed by atoms with Gasteiger partial charge in [-0.25, -0.2) is 4.98 Å². The average molecular weight is 446 g/mol. The highest BCUT2D eigenvalue weighted by Crippen LogP contribution is 2.39. The molecule has 0 saturated carbocycles. The molecule has 0 bridgehead atoms. The van der Waals surface area contributed by atoms with Crippen molar-refractivity contribution in [3.63, 3.8) is 0 Å². The van der Waals surface area contributed by atoms with Gasteiger partial charge in [0.15, 0.2) is 0 Å². The third-order valence-electron chi connectivity index (χ3n) is 3.65. The van der Waals surface area contributed by atoms with E-state index in [1.165, 1.54) is 0 Å². The van der Waals surface area contributed by atoms with Crippen molar-refractivity contribution in [2.45, 2.75) is 11.8 Å². The third kappa shape index (κ3) is 4.76. The zero-order chi connectivity index (χ0) is 18.7. The van der Waals surface area contributed by atoms with Crippen molar-refractivity contribution in [2.24, 2.45) is 0 Å². The van der Waals surface area contributed by atoms with Gasteiger partial charge in [0.05, 0.1) is 16.6 Å². The molecule has 8 heteroatoms. The van der Waals surface area contributed by atoms with Gasteiger partial charge in [0.25, 0.3) is 0 Å². The Balaban J connectivity index is 1.91. The van der Waals surface area contributed by atoms with Gasteiger partial charge in [-0.1, -0.05) is 64.2 Å². The molecule has 0 aliphatic heterocycles. The number of imidazole rings is 1. The average Bonchev–Trinajstić information content (AvgIpc) is 3.07. The van der Waals surface area contributed by atoms with Crippen LogP contribution in [0.1, 0.15) is 21.2 Å². The molecule has 1 heterocycles. The molecule has 0 saturated heterocycles. The summed E-state index contributed by atoms with van der Waals surface area (Å²) >= 11 is 25.6. The Bertz CT molecular complexity index is 931. The first kappa shape index (κ1) is 19.6. The zero-order valence-corrected chi connectivity index (χ0v) is 17.0. The van der Waals surface area contributed by atoms with Crippen LogP contribution in [0, 0.1) is 0 Å². The second-order valence-corrected chi connectivity index (χ2v) is 8.31. The summed E-state index contributed by atoms with van der Waals surface area (Å²) in [6.07, 6.45) is 5.21. The molecule has 3 nitrogen and oxygen atoms in total. The van der Waals surface area contributed by atoms with Crippen molar-refractivity contribution in [2.75, 3.05) is 0 Å². The van der Waals surface area contributed by atoms with Crippen LogP contribution in [0.4, 0.5) is 0 Å². The van der Waals surface area contributed by atoms with E-state index in [0.29, 0.717) is 32.2 Å². The molecule has 3 aromatic rings. The van der Waals surface area contributed by atoms with Crippen LogP contribution >= 0.6 is 58.2 Å². The third-order valence-corrected chi connectivity index (χ3v) is 5.88. The molecule has 1 unspecified atom stereocenters. The van der Waals surface area contributed by atoms with Crippen molar-refractivity contribution < 1.29 is 4.79 Å². The Morgan fingerprint density at radius 3 is 2.35 bits per heavy atom. The van der Waals surface area contributed by atoms with Gasteiger partial charge in [0.1, 0.15) is 0 Å². The highest BCUT2D eigenvalue weighted by atomic mass is 35.5. The number of carbonyl (C=O) groups excluding carboxylic acids is 1. The van der Waals surface area contributed by atoms with Crippen molar-refractivity contribution in [1.29, 1.82) is 0 Å². The van der Waals surface area contributed by atoms with Gasteiger partial charge in [0, 0.05) is 39.6 Å². The number of halogens is 4. The van der Waals surface area contributed by atoms with Crippen molar-refractivity contribution >= 4 is 63.3 Å². The molecule has 26 heavy (non-hydrogen) atoms. The summed E-state index contributed by atoms with van der Waals surface area (Å²) in [5.41, 5.74) is 1.22. The standard InChI is InChI=1S/C18H12Cl4N2OS/c19-11-1-3-13(15(21)7-11)17(9-24-6-5-23-10-24)26-18(25)14-4-2-12(20)8-16(14)22/h1-8,10,17H,9H2. The molecule has 0 aliphatic carbocycles. The fourth-order valence-corrected chi connectivity index (χ4v) is 4.69. The number of thioether (sulfide) groups is 1. The van der Waals surface area contributed by atoms with Crippen LogP contribution in [0.15, 0.2) is 55.1 Å². The Hall–Kier alpha value is -1.17. The summed E-state index contributed by atoms with van der Waals surface area (Å²) in [5.74, 6) is 0. The predicted octanol–water partition coefficient (Wildman–Crippen LogP) is 6.81. The van der Waals surface area contributed by atoms with Gasteiger partial charge >= 0.3 is 0 Å². The lowest BCUT2D eigenvalue weighted by Crippen LogP contribution is -2.09. The van der Waals surface area contributed by atoms with E-state index >= 15 is 0 Å². The van der Waals surface area contributed by atoms with Gasteiger partial charge < -0.3 is 4.57 Å². The van der Waals surface area contributed by atoms with E-state index in [0.717, 1.165) is 17.3 Å². The monoisotopic (exact) mass is 444 g/mol. The number of hydrogen-bond donors (Lipinski definition) is 0. The smallest absolute Gasteiger partial charge is 0.221 e. The van der Waals surface area contributed by atoms with E-state index in [-0.39, 0.29) is 10.4 Å². The molecule has 1 atom stereocenters. The van der Waals surface area contributed by atoms with Crippen LogP contribution in [0.25, 0.3) is 0 Å². The number of hydrogen-bond acceptors (Lipinski definition) is 3. The van der Waals surface area contributed by atoms with Crippen LogP contribution in [-0.4, -0.2) is 14.7 Å². The molecule has 0 amide bonds. The highest BCUT2D eigenvalue weighted by Gasteiger charge is 2.22. The minimum Gasteiger partial charge on any atom is -0.336 e. The molecule has 2 aromatic carbocycles. The molecule has 0 fully saturated rings. The maximum Gasteiger partial charge on any atom is 0.221 e. The summed E-state index contributed by atoms with van der Waals surface area (Å²) in [7, 11) is 0. The number of nitrogens with zero attached hydrogens (tertiary/aromatic N) is 2. The van der Waals surface area contributed by atoms with Crippen molar-refractivity contribution in [3.8, 4) is 0 Å². The summed E-state index contributed by atoms with van der Waals surface area (Å²) < 4.78 is 1.89. The van der Waals surface area contributed by atoms with Crippen molar-refractivity contribution in [3.05, 3.63) is 86.3 Å². The van der Waals surface area contributed by atoms with E-state index in [9.17, 15) is 4.79 Å². The normalized spacial score (nSPS) is 12.2. The molecule has 3 rings (SSSR count). The maximum atomic E-state index is 12.8. The Kier molecular flexibility index (Phi) is 6.54. The molecule has 1 aromatic heterocycles. The highest BCUT2D eigenvalue weighted by molar-refractivity contribution is 8.14. The molecular formula is C18H12Cl4N2OS. The number of rotatable bonds is 5. The van der Waals surface area contributed by atoms with E-state index in [1.807, 2.05) is 16.8 Å². The minimum atomic E-state index is -0.242. The van der Waals surface area contributed by atoms with Gasteiger partial charge in [-0.05, 0) is 35.9 Å². The lowest BCUT2D eigenvalue weighted by atomic mass is 10.1. The SMILES string of the molecule is O=C(SC(Cn1ccnc1)c1ccc(Cl)cc1Cl)c1ccc(Cl)cc1Cl. The summed E-state index contributed by atoms with van der Waals surface area (Å²) in [4.78, 5) is 16.9. The van der Waals surface area contributed by atoms with E-state index in [2.05, 4.69) is 4.98 Å². The largest absolute Gasteiger partial charge is 0.336 e. The number of carbonyl (C=O) groups is 1. The van der Waals surface area contributed by atoms with Gasteiger partial charge in [-0.15, -0.1) is 0 Å². The van der Waals surface area contributed by atoms with Gasteiger partial charge in [-0.2, -0.15) is 0 Å². The first-order valence-corrected chi connectivity index (χ1v) is 9.90. The fourth-order valence-electron chi connectivity index (χ4n) is 2.40. The summed E-state index contributed by atoms with van der Waals surface area (Å²) in [6, 6.07) is 10.1. The second kappa shape index (κ2) is 8.68. The van der Waals surface area contributed by atoms with Crippen LogP contribution in [0.2, 0.25) is 20.1 Å². The number of aromatic nitrogens is 2. The lowest BCUT2D eigenvalue weighted by molar-refractivity contribution is 0.108. The first-order chi connectivity index (χ1) is 12.4. The first-order valence-electron chi connectivity index (χ1n) is 7.51. The molecule has 134 valence electrons. The molecular weight excluding hydrogens is 434 g/mol. The summed E-state index contributed by atoms with van der Waals surface area (Å²) in [6.45, 7) is 0.517. The van der Waals surface area contributed by atoms with Crippen LogP contribution in [-0.2, 0) is 6.54 Å². The Morgan fingerprint density at radius 2 is 1.73 bits per heavy atom. The van der Waals surface area contributed by atoms with Gasteiger partial charge in [-0.3, -0.25) is 4.79 Å². The predicted molar refractivity (Wildman–Crippen MR) is 110 cm³/mol. The second-order valence-electron chi connectivity index (χ2n) is 5.44. The number of benzene rings is 2. The molecule has 0 radical (unpaired) electrons. The topological polar surface area (TPSA) is 34.9 Å². The Labute approximate surface area is 175 Å². The van der Waals surface area contributed by atoms with Crippen molar-refractivity contribution in [1.82, 2.24) is 9.55 Å². The zero-order valence-electron chi connectivity index (χ0n) is 13.2. The minimum absolute atomic E-state index is 0.164. The Morgan fingerprint density at radius 1 is 1.04 bits per heavy atom. The van der Waals surface area contributed by atoms with E-state index in [4.69, 9.17) is 46.4 Å². The molecule has 0 spiro atoms. The fraction of sp³-hybridized carbons (Fsp3) is 0.111. The molecule has 0 aliphatic rings. The lowest BCUT2D eigenvalue weighted by Gasteiger charge is -2.18. The molecule has 0 N–H and O–H groups in total. The van der Waals surface area contributed by atoms with Crippen LogP contribution in [0.3, 0.4) is 0 Å². The van der Waals surface area contributed by atoms with Gasteiger partial charge in [0.2, 0.25) is 5.12 Å².